The van der Waals surface area contributed by atoms with Crippen LogP contribution in [0.2, 0.25) is 0 Å². The molecule has 7 aliphatic carbocycles. The number of nitrogens with one attached hydrogen (secondary N) is 1. The standard InChI is InChI=1S/C20H24N2O5/c23-6-17-12-11-13(17)19(8-25)15(17)18(12,7-24)20(11,19)5-22-4-10(9-2-1-3-9)14(26)21-16(22)27/h4,9,11-13,15,23-25H,1-3,5-8H2,(H,21,26,27). The van der Waals surface area contributed by atoms with Crippen LogP contribution < -0.4 is 11.2 Å². The molecule has 4 unspecified atom stereocenters. The van der Waals surface area contributed by atoms with E-state index in [1.807, 2.05) is 0 Å². The molecule has 7 saturated carbocycles. The zero-order valence-electron chi connectivity index (χ0n) is 15.0. The molecular weight excluding hydrogens is 348 g/mol. The van der Waals surface area contributed by atoms with Gasteiger partial charge in [0.15, 0.2) is 0 Å². The van der Waals surface area contributed by atoms with Crippen LogP contribution in [-0.2, 0) is 6.54 Å². The molecule has 4 atom stereocenters. The number of H-pyrrole nitrogens is 1. The molecular formula is C20H24N2O5. The van der Waals surface area contributed by atoms with E-state index in [1.165, 1.54) is 0 Å². The maximum absolute atomic E-state index is 12.5. The molecule has 0 radical (unpaired) electrons. The quantitative estimate of drug-likeness (QED) is 0.525. The molecule has 1 heterocycles. The molecule has 0 aromatic carbocycles. The molecule has 4 N–H and O–H groups in total. The van der Waals surface area contributed by atoms with Crippen molar-refractivity contribution in [1.82, 2.24) is 9.55 Å². The number of aliphatic hydroxyl groups is 3. The molecule has 1 aromatic rings. The monoisotopic (exact) mass is 372 g/mol. The lowest BCUT2D eigenvalue weighted by molar-refractivity contribution is -0.748. The maximum Gasteiger partial charge on any atom is 0.328 e. The molecule has 27 heavy (non-hydrogen) atoms. The Bertz CT molecular complexity index is 996. The van der Waals surface area contributed by atoms with Gasteiger partial charge in [-0.15, -0.1) is 0 Å². The molecule has 1 aromatic heterocycles. The number of hydrogen-bond acceptors (Lipinski definition) is 5. The van der Waals surface area contributed by atoms with Crippen LogP contribution in [0.15, 0.2) is 15.8 Å². The smallest absolute Gasteiger partial charge is 0.328 e. The van der Waals surface area contributed by atoms with Crippen LogP contribution in [0, 0.1) is 45.3 Å². The van der Waals surface area contributed by atoms with E-state index >= 15 is 0 Å². The van der Waals surface area contributed by atoms with Gasteiger partial charge in [0.2, 0.25) is 0 Å². The zero-order chi connectivity index (χ0) is 18.6. The molecule has 7 fully saturated rings. The van der Waals surface area contributed by atoms with Crippen LogP contribution >= 0.6 is 0 Å². The van der Waals surface area contributed by atoms with Crippen molar-refractivity contribution in [2.24, 2.45) is 45.3 Å². The Morgan fingerprint density at radius 2 is 1.74 bits per heavy atom. The van der Waals surface area contributed by atoms with Gasteiger partial charge in [0, 0.05) is 59.8 Å². The van der Waals surface area contributed by atoms with Crippen molar-refractivity contribution in [1.29, 1.82) is 0 Å². The summed E-state index contributed by atoms with van der Waals surface area (Å²) in [6.07, 6.45) is 4.83. The Hall–Kier alpha value is -1.44. The molecule has 0 aliphatic heterocycles. The van der Waals surface area contributed by atoms with Crippen molar-refractivity contribution in [2.45, 2.75) is 31.7 Å². The summed E-state index contributed by atoms with van der Waals surface area (Å²) in [5.41, 5.74) is -0.780. The summed E-state index contributed by atoms with van der Waals surface area (Å²) in [6.45, 7) is 0.720. The van der Waals surface area contributed by atoms with Crippen molar-refractivity contribution in [2.75, 3.05) is 19.8 Å². The van der Waals surface area contributed by atoms with Crippen LogP contribution in [0.25, 0.3) is 0 Å². The average Bonchev–Trinajstić information content (AvgIpc) is 2.63. The number of aliphatic hydroxyl groups excluding tert-OH is 3. The van der Waals surface area contributed by atoms with E-state index in [0.717, 1.165) is 19.3 Å². The fourth-order valence-corrected chi connectivity index (χ4v) is 10.2. The Labute approximate surface area is 155 Å². The fourth-order valence-electron chi connectivity index (χ4n) is 10.2. The Balaban J connectivity index is 1.32. The van der Waals surface area contributed by atoms with Gasteiger partial charge in [-0.1, -0.05) is 6.42 Å². The molecule has 7 nitrogen and oxygen atoms in total. The lowest BCUT2D eigenvalue weighted by atomic mass is 8.84. The molecule has 8 rings (SSSR count). The Morgan fingerprint density at radius 3 is 2.26 bits per heavy atom. The number of aromatic nitrogens is 2. The van der Waals surface area contributed by atoms with Gasteiger partial charge in [-0.2, -0.15) is 0 Å². The SMILES string of the molecule is O=c1[nH]c(=O)n(CC23C4C5C6(CO)C4C2(CO)C6C53CO)cc1C1CCC1. The second-order valence-electron chi connectivity index (χ2n) is 10.2. The van der Waals surface area contributed by atoms with Crippen LogP contribution in [0.1, 0.15) is 30.7 Å². The first-order valence-electron chi connectivity index (χ1n) is 10.2. The van der Waals surface area contributed by atoms with Crippen molar-refractivity contribution in [3.63, 3.8) is 0 Å². The lowest BCUT2D eigenvalue weighted by Gasteiger charge is -3.19. The minimum absolute atomic E-state index is 0.0582. The second-order valence-corrected chi connectivity index (χ2v) is 10.2. The first-order valence-corrected chi connectivity index (χ1v) is 10.2. The topological polar surface area (TPSA) is 116 Å². The predicted molar refractivity (Wildman–Crippen MR) is 92.9 cm³/mol. The highest BCUT2D eigenvalue weighted by atomic mass is 16.3. The summed E-state index contributed by atoms with van der Waals surface area (Å²) in [5, 5.41) is 30.5. The fraction of sp³-hybridized carbons (Fsp3) is 0.800. The third-order valence-corrected chi connectivity index (χ3v) is 10.6. The molecule has 0 bridgehead atoms. The van der Waals surface area contributed by atoms with Gasteiger partial charge in [0.25, 0.3) is 5.56 Å². The van der Waals surface area contributed by atoms with E-state index in [2.05, 4.69) is 4.98 Å². The number of hydrogen-bond donors (Lipinski definition) is 4. The van der Waals surface area contributed by atoms with Crippen molar-refractivity contribution < 1.29 is 15.3 Å². The van der Waals surface area contributed by atoms with Gasteiger partial charge in [0.1, 0.15) is 0 Å². The minimum Gasteiger partial charge on any atom is -0.396 e. The van der Waals surface area contributed by atoms with Crippen molar-refractivity contribution >= 4 is 0 Å². The predicted octanol–water partition coefficient (Wildman–Crippen LogP) is -0.741. The first-order chi connectivity index (χ1) is 13.0. The Kier molecular flexibility index (Phi) is 2.28. The molecule has 7 aliphatic rings. The zero-order valence-corrected chi connectivity index (χ0v) is 15.0. The van der Waals surface area contributed by atoms with E-state index in [9.17, 15) is 24.9 Å². The maximum atomic E-state index is 12.5. The van der Waals surface area contributed by atoms with Gasteiger partial charge in [-0.3, -0.25) is 14.3 Å². The third-order valence-electron chi connectivity index (χ3n) is 10.6. The molecule has 7 heteroatoms. The van der Waals surface area contributed by atoms with Crippen LogP contribution in [-0.4, -0.2) is 44.7 Å². The largest absolute Gasteiger partial charge is 0.396 e. The van der Waals surface area contributed by atoms with Crippen molar-refractivity contribution in [3.05, 3.63) is 32.6 Å². The summed E-state index contributed by atoms with van der Waals surface area (Å²) >= 11 is 0. The van der Waals surface area contributed by atoms with Gasteiger partial charge in [-0.25, -0.2) is 4.79 Å². The summed E-state index contributed by atoms with van der Waals surface area (Å²) < 4.78 is 1.64. The average molecular weight is 372 g/mol. The third kappa shape index (κ3) is 0.987. The van der Waals surface area contributed by atoms with Crippen molar-refractivity contribution in [3.8, 4) is 0 Å². The van der Waals surface area contributed by atoms with E-state index < -0.39 is 5.69 Å². The molecule has 0 spiro atoms. The van der Waals surface area contributed by atoms with E-state index in [0.29, 0.717) is 29.9 Å². The summed E-state index contributed by atoms with van der Waals surface area (Å²) in [7, 11) is 0. The summed E-state index contributed by atoms with van der Waals surface area (Å²) in [4.78, 5) is 27.3. The molecule has 0 amide bonds. The molecule has 0 saturated heterocycles. The number of nitrogens with zero attached hydrogens (tertiary/aromatic N) is 1. The lowest BCUT2D eigenvalue weighted by Crippen LogP contribution is -3.20. The summed E-state index contributed by atoms with van der Waals surface area (Å²) in [5.74, 6) is 1.49. The Morgan fingerprint density at radius 1 is 1.07 bits per heavy atom. The first kappa shape index (κ1) is 15.5. The van der Waals surface area contributed by atoms with Gasteiger partial charge in [-0.05, 0) is 42.4 Å². The van der Waals surface area contributed by atoms with Gasteiger partial charge < -0.3 is 15.3 Å². The van der Waals surface area contributed by atoms with E-state index in [1.54, 1.807) is 10.8 Å². The van der Waals surface area contributed by atoms with Gasteiger partial charge in [0.05, 0.1) is 0 Å². The molecule has 144 valence electrons. The van der Waals surface area contributed by atoms with Crippen LogP contribution in [0.4, 0.5) is 0 Å². The van der Waals surface area contributed by atoms with Gasteiger partial charge >= 0.3 is 5.69 Å². The van der Waals surface area contributed by atoms with Crippen LogP contribution in [0.3, 0.4) is 0 Å². The highest BCUT2D eigenvalue weighted by Gasteiger charge is 3.19. The highest BCUT2D eigenvalue weighted by Crippen LogP contribution is 3.18. The van der Waals surface area contributed by atoms with E-state index in [-0.39, 0.29) is 58.9 Å². The second kappa shape index (κ2) is 3.98. The minimum atomic E-state index is -0.394. The van der Waals surface area contributed by atoms with Crippen LogP contribution in [0.5, 0.6) is 0 Å². The summed E-state index contributed by atoms with van der Waals surface area (Å²) in [6, 6.07) is 0. The number of rotatable bonds is 6. The normalized spacial score (nSPS) is 54.6. The number of aromatic amines is 1. The van der Waals surface area contributed by atoms with E-state index in [4.69, 9.17) is 0 Å². The highest BCUT2D eigenvalue weighted by molar-refractivity contribution is 5.64.